The molecule has 1 saturated carbocycles. The minimum absolute atomic E-state index is 0.0906. The maximum absolute atomic E-state index is 13.2. The zero-order valence-electron chi connectivity index (χ0n) is 10.8. The summed E-state index contributed by atoms with van der Waals surface area (Å²) in [5.74, 6) is -0.176. The molecule has 1 aromatic rings. The lowest BCUT2D eigenvalue weighted by Crippen LogP contribution is -2.40. The Morgan fingerprint density at radius 3 is 2.56 bits per heavy atom. The second kappa shape index (κ2) is 5.19. The summed E-state index contributed by atoms with van der Waals surface area (Å²) in [7, 11) is 0. The van der Waals surface area contributed by atoms with E-state index in [9.17, 15) is 9.18 Å². The van der Waals surface area contributed by atoms with Crippen molar-refractivity contribution >= 4 is 5.78 Å². The van der Waals surface area contributed by atoms with Crippen LogP contribution in [-0.4, -0.2) is 12.3 Å². The lowest BCUT2D eigenvalue weighted by Gasteiger charge is -2.34. The van der Waals surface area contributed by atoms with Crippen LogP contribution in [-0.2, 0) is 0 Å². The molecule has 98 valence electrons. The molecule has 0 aromatic heterocycles. The Hall–Kier alpha value is -1.22. The molecule has 0 unspecified atom stereocenters. The van der Waals surface area contributed by atoms with Crippen LogP contribution in [0.3, 0.4) is 0 Å². The van der Waals surface area contributed by atoms with Crippen molar-refractivity contribution in [2.24, 2.45) is 11.1 Å². The summed E-state index contributed by atoms with van der Waals surface area (Å²) in [5.41, 5.74) is 6.55. The third-order valence-corrected chi connectivity index (χ3v) is 4.10. The Morgan fingerprint density at radius 1 is 1.33 bits per heavy atom. The molecule has 0 heterocycles. The number of ketones is 1. The van der Waals surface area contributed by atoms with Gasteiger partial charge in [-0.3, -0.25) is 4.79 Å². The first kappa shape index (κ1) is 13.2. The largest absolute Gasteiger partial charge is 0.329 e. The van der Waals surface area contributed by atoms with E-state index in [0.29, 0.717) is 17.7 Å². The van der Waals surface area contributed by atoms with E-state index < -0.39 is 5.41 Å². The van der Waals surface area contributed by atoms with Crippen molar-refractivity contribution in [3.8, 4) is 0 Å². The van der Waals surface area contributed by atoms with Gasteiger partial charge in [-0.15, -0.1) is 0 Å². The number of nitrogens with two attached hydrogens (primary N) is 1. The summed E-state index contributed by atoms with van der Waals surface area (Å²) in [5, 5.41) is 0. The standard InChI is InChI=1S/C15H20FNO/c1-11-9-12(5-6-13(11)16)14(18)15(10-17)7-3-2-4-8-15/h5-6,9H,2-4,7-8,10,17H2,1H3. The molecule has 0 saturated heterocycles. The average molecular weight is 249 g/mol. The summed E-state index contributed by atoms with van der Waals surface area (Å²) in [4.78, 5) is 12.6. The number of rotatable bonds is 3. The molecule has 2 rings (SSSR count). The van der Waals surface area contributed by atoms with Crippen LogP contribution in [0.1, 0.15) is 48.0 Å². The third-order valence-electron chi connectivity index (χ3n) is 4.10. The number of carbonyl (C=O) groups excluding carboxylic acids is 1. The predicted molar refractivity (Wildman–Crippen MR) is 70.0 cm³/mol. The third kappa shape index (κ3) is 2.32. The van der Waals surface area contributed by atoms with Crippen molar-refractivity contribution in [2.75, 3.05) is 6.54 Å². The molecular weight excluding hydrogens is 229 g/mol. The van der Waals surface area contributed by atoms with Crippen LogP contribution in [0.25, 0.3) is 0 Å². The van der Waals surface area contributed by atoms with Crippen molar-refractivity contribution in [2.45, 2.75) is 39.0 Å². The summed E-state index contributed by atoms with van der Waals surface area (Å²) in [6.45, 7) is 2.07. The van der Waals surface area contributed by atoms with Gasteiger partial charge in [-0.2, -0.15) is 0 Å². The van der Waals surface area contributed by atoms with Crippen LogP contribution >= 0.6 is 0 Å². The molecule has 3 heteroatoms. The number of halogens is 1. The van der Waals surface area contributed by atoms with Crippen LogP contribution in [0.15, 0.2) is 18.2 Å². The molecule has 18 heavy (non-hydrogen) atoms. The maximum Gasteiger partial charge on any atom is 0.170 e. The fraction of sp³-hybridized carbons (Fsp3) is 0.533. The van der Waals surface area contributed by atoms with Crippen LogP contribution in [0, 0.1) is 18.2 Å². The van der Waals surface area contributed by atoms with E-state index in [1.807, 2.05) is 0 Å². The minimum atomic E-state index is -0.414. The molecule has 1 aliphatic rings. The second-order valence-electron chi connectivity index (χ2n) is 5.34. The molecule has 2 N–H and O–H groups in total. The van der Waals surface area contributed by atoms with Gasteiger partial charge in [0.2, 0.25) is 0 Å². The van der Waals surface area contributed by atoms with Gasteiger partial charge in [0, 0.05) is 17.5 Å². The molecule has 1 aliphatic carbocycles. The molecule has 0 aliphatic heterocycles. The molecule has 0 bridgehead atoms. The highest BCUT2D eigenvalue weighted by Gasteiger charge is 2.38. The number of carbonyl (C=O) groups is 1. The summed E-state index contributed by atoms with van der Waals surface area (Å²) in [6, 6.07) is 4.59. The van der Waals surface area contributed by atoms with Gasteiger partial charge < -0.3 is 5.73 Å². The van der Waals surface area contributed by atoms with Crippen molar-refractivity contribution < 1.29 is 9.18 Å². The summed E-state index contributed by atoms with van der Waals surface area (Å²) in [6.07, 6.45) is 5.02. The first-order valence-corrected chi connectivity index (χ1v) is 6.60. The Balaban J connectivity index is 2.30. The molecule has 1 fully saturated rings. The van der Waals surface area contributed by atoms with Gasteiger partial charge in [-0.05, 0) is 43.5 Å². The van der Waals surface area contributed by atoms with Crippen LogP contribution in [0.2, 0.25) is 0 Å². The number of Topliss-reactive ketones (excluding diaryl/α,β-unsaturated/α-hetero) is 1. The normalized spacial score (nSPS) is 18.6. The highest BCUT2D eigenvalue weighted by Crippen LogP contribution is 2.38. The van der Waals surface area contributed by atoms with Crippen molar-refractivity contribution in [3.05, 3.63) is 35.1 Å². The van der Waals surface area contributed by atoms with Gasteiger partial charge in [0.05, 0.1) is 0 Å². The number of hydrogen-bond donors (Lipinski definition) is 1. The lowest BCUT2D eigenvalue weighted by molar-refractivity contribution is 0.0729. The van der Waals surface area contributed by atoms with Crippen LogP contribution in [0.4, 0.5) is 4.39 Å². The van der Waals surface area contributed by atoms with Gasteiger partial charge in [-0.25, -0.2) is 4.39 Å². The van der Waals surface area contributed by atoms with Gasteiger partial charge in [-0.1, -0.05) is 19.3 Å². The fourth-order valence-corrected chi connectivity index (χ4v) is 2.84. The van der Waals surface area contributed by atoms with E-state index in [0.717, 1.165) is 25.7 Å². The smallest absolute Gasteiger partial charge is 0.170 e. The Morgan fingerprint density at radius 2 is 2.00 bits per heavy atom. The number of hydrogen-bond acceptors (Lipinski definition) is 2. The molecule has 0 spiro atoms. The Bertz CT molecular complexity index is 450. The van der Waals surface area contributed by atoms with Crippen molar-refractivity contribution in [3.63, 3.8) is 0 Å². The quantitative estimate of drug-likeness (QED) is 0.836. The van der Waals surface area contributed by atoms with E-state index >= 15 is 0 Å². The van der Waals surface area contributed by atoms with Crippen LogP contribution in [0.5, 0.6) is 0 Å². The summed E-state index contributed by atoms with van der Waals surface area (Å²) >= 11 is 0. The molecule has 0 amide bonds. The zero-order chi connectivity index (χ0) is 13.2. The monoisotopic (exact) mass is 249 g/mol. The highest BCUT2D eigenvalue weighted by molar-refractivity contribution is 6.00. The predicted octanol–water partition coefficient (Wildman–Crippen LogP) is 3.23. The van der Waals surface area contributed by atoms with Gasteiger partial charge in [0.15, 0.2) is 5.78 Å². The number of benzene rings is 1. The second-order valence-corrected chi connectivity index (χ2v) is 5.34. The van der Waals surface area contributed by atoms with Crippen LogP contribution < -0.4 is 5.73 Å². The number of aryl methyl sites for hydroxylation is 1. The molecule has 2 nitrogen and oxygen atoms in total. The molecule has 1 aromatic carbocycles. The van der Waals surface area contributed by atoms with Crippen molar-refractivity contribution in [1.29, 1.82) is 0 Å². The van der Waals surface area contributed by atoms with E-state index in [1.54, 1.807) is 19.1 Å². The lowest BCUT2D eigenvalue weighted by atomic mass is 9.69. The molecule has 0 radical (unpaired) electrons. The van der Waals surface area contributed by atoms with Gasteiger partial charge >= 0.3 is 0 Å². The first-order chi connectivity index (χ1) is 8.59. The highest BCUT2D eigenvalue weighted by atomic mass is 19.1. The topological polar surface area (TPSA) is 43.1 Å². The Kier molecular flexibility index (Phi) is 3.81. The Labute approximate surface area is 107 Å². The van der Waals surface area contributed by atoms with Crippen molar-refractivity contribution in [1.82, 2.24) is 0 Å². The first-order valence-electron chi connectivity index (χ1n) is 6.60. The van der Waals surface area contributed by atoms with Gasteiger partial charge in [0.1, 0.15) is 5.82 Å². The maximum atomic E-state index is 13.2. The van der Waals surface area contributed by atoms with E-state index in [1.165, 1.54) is 12.5 Å². The minimum Gasteiger partial charge on any atom is -0.329 e. The summed E-state index contributed by atoms with van der Waals surface area (Å²) < 4.78 is 13.2. The average Bonchev–Trinajstić information content (AvgIpc) is 2.42. The molecule has 0 atom stereocenters. The molecular formula is C15H20FNO. The zero-order valence-corrected chi connectivity index (χ0v) is 10.8. The van der Waals surface area contributed by atoms with Gasteiger partial charge in [0.25, 0.3) is 0 Å². The SMILES string of the molecule is Cc1cc(C(=O)C2(CN)CCCCC2)ccc1F. The van der Waals surface area contributed by atoms with E-state index in [2.05, 4.69) is 0 Å². The van der Waals surface area contributed by atoms with E-state index in [-0.39, 0.29) is 11.6 Å². The fourth-order valence-electron chi connectivity index (χ4n) is 2.84. The van der Waals surface area contributed by atoms with E-state index in [4.69, 9.17) is 5.73 Å².